The van der Waals surface area contributed by atoms with E-state index in [9.17, 15) is 14.7 Å². The SMILES string of the molecule is CC1c2cccc(C(=O)O)c2CCN1C(=O)c1cc2ncc(Br)cn2n1. The molecule has 4 rings (SSSR count). The number of halogens is 1. The molecule has 1 aliphatic rings. The number of aromatic carboxylic acids is 1. The van der Waals surface area contributed by atoms with Crippen LogP contribution >= 0.6 is 15.9 Å². The second-order valence-corrected chi connectivity index (χ2v) is 7.12. The first-order valence-electron chi connectivity index (χ1n) is 8.12. The van der Waals surface area contributed by atoms with Gasteiger partial charge in [-0.1, -0.05) is 12.1 Å². The fourth-order valence-corrected chi connectivity index (χ4v) is 3.75. The topological polar surface area (TPSA) is 87.8 Å². The van der Waals surface area contributed by atoms with Crippen molar-refractivity contribution < 1.29 is 14.7 Å². The first kappa shape index (κ1) is 16.7. The van der Waals surface area contributed by atoms with Crippen molar-refractivity contribution >= 4 is 33.5 Å². The van der Waals surface area contributed by atoms with E-state index in [0.29, 0.717) is 29.9 Å². The van der Waals surface area contributed by atoms with Gasteiger partial charge in [0.15, 0.2) is 11.3 Å². The summed E-state index contributed by atoms with van der Waals surface area (Å²) >= 11 is 3.33. The van der Waals surface area contributed by atoms with Crippen LogP contribution in [0, 0.1) is 0 Å². The average molecular weight is 415 g/mol. The normalized spacial score (nSPS) is 16.5. The quantitative estimate of drug-likeness (QED) is 0.696. The molecule has 0 spiro atoms. The highest BCUT2D eigenvalue weighted by Crippen LogP contribution is 2.32. The molecule has 0 radical (unpaired) electrons. The minimum absolute atomic E-state index is 0.189. The molecule has 2 aromatic heterocycles. The van der Waals surface area contributed by atoms with Gasteiger partial charge in [0.25, 0.3) is 5.91 Å². The van der Waals surface area contributed by atoms with Crippen LogP contribution < -0.4 is 0 Å². The Kier molecular flexibility index (Phi) is 3.99. The Morgan fingerprint density at radius 1 is 1.35 bits per heavy atom. The van der Waals surface area contributed by atoms with E-state index < -0.39 is 5.97 Å². The summed E-state index contributed by atoms with van der Waals surface area (Å²) in [6.45, 7) is 2.36. The summed E-state index contributed by atoms with van der Waals surface area (Å²) in [7, 11) is 0. The number of hydrogen-bond acceptors (Lipinski definition) is 4. The lowest BCUT2D eigenvalue weighted by molar-refractivity contribution is 0.0668. The number of rotatable bonds is 2. The molecular weight excluding hydrogens is 400 g/mol. The number of aromatic nitrogens is 3. The Hall–Kier alpha value is -2.74. The second-order valence-electron chi connectivity index (χ2n) is 6.21. The highest BCUT2D eigenvalue weighted by molar-refractivity contribution is 9.10. The number of carboxylic acid groups (broad SMARTS) is 1. The third-order valence-corrected chi connectivity index (χ3v) is 5.13. The molecule has 0 saturated heterocycles. The van der Waals surface area contributed by atoms with Crippen molar-refractivity contribution in [1.29, 1.82) is 0 Å². The standard InChI is InChI=1S/C18H15BrN4O3/c1-10-12-3-2-4-14(18(25)26)13(12)5-6-22(10)17(24)15-7-16-20-8-11(19)9-23(16)21-15/h2-4,7-10H,5-6H2,1H3,(H,25,26). The molecule has 132 valence electrons. The van der Waals surface area contributed by atoms with Gasteiger partial charge in [0.1, 0.15) is 0 Å². The van der Waals surface area contributed by atoms with Gasteiger partial charge < -0.3 is 10.0 Å². The van der Waals surface area contributed by atoms with Crippen LogP contribution in [-0.4, -0.2) is 43.0 Å². The van der Waals surface area contributed by atoms with Crippen LogP contribution in [-0.2, 0) is 6.42 Å². The minimum Gasteiger partial charge on any atom is -0.478 e. The van der Waals surface area contributed by atoms with E-state index in [2.05, 4.69) is 26.0 Å². The molecule has 1 N–H and O–H groups in total. The molecule has 26 heavy (non-hydrogen) atoms. The molecule has 1 unspecified atom stereocenters. The van der Waals surface area contributed by atoms with E-state index in [1.54, 1.807) is 40.0 Å². The number of amides is 1. The van der Waals surface area contributed by atoms with Crippen LogP contribution in [0.3, 0.4) is 0 Å². The van der Waals surface area contributed by atoms with Gasteiger partial charge in [0.2, 0.25) is 0 Å². The van der Waals surface area contributed by atoms with Gasteiger partial charge >= 0.3 is 5.97 Å². The number of hydrogen-bond donors (Lipinski definition) is 1. The highest BCUT2D eigenvalue weighted by Gasteiger charge is 2.31. The highest BCUT2D eigenvalue weighted by atomic mass is 79.9. The van der Waals surface area contributed by atoms with Crippen molar-refractivity contribution in [3.8, 4) is 0 Å². The number of benzene rings is 1. The smallest absolute Gasteiger partial charge is 0.335 e. The van der Waals surface area contributed by atoms with Crippen LogP contribution in [0.1, 0.15) is 44.9 Å². The van der Waals surface area contributed by atoms with Crippen LogP contribution in [0.5, 0.6) is 0 Å². The van der Waals surface area contributed by atoms with Crippen molar-refractivity contribution in [3.05, 3.63) is 63.5 Å². The molecular formula is C18H15BrN4O3. The zero-order valence-electron chi connectivity index (χ0n) is 13.9. The maximum Gasteiger partial charge on any atom is 0.335 e. The first-order chi connectivity index (χ1) is 12.5. The largest absolute Gasteiger partial charge is 0.478 e. The molecule has 7 nitrogen and oxygen atoms in total. The minimum atomic E-state index is -0.939. The van der Waals surface area contributed by atoms with Crippen LogP contribution in [0.15, 0.2) is 41.1 Å². The third kappa shape index (κ3) is 2.66. The van der Waals surface area contributed by atoms with E-state index in [0.717, 1.165) is 15.6 Å². The third-order valence-electron chi connectivity index (χ3n) is 4.72. The predicted molar refractivity (Wildman–Crippen MR) is 97.2 cm³/mol. The molecule has 1 aromatic carbocycles. The zero-order valence-corrected chi connectivity index (χ0v) is 15.5. The van der Waals surface area contributed by atoms with Crippen LogP contribution in [0.2, 0.25) is 0 Å². The fraction of sp³-hybridized carbons (Fsp3) is 0.222. The molecule has 0 aliphatic carbocycles. The maximum absolute atomic E-state index is 13.0. The van der Waals surface area contributed by atoms with Gasteiger partial charge in [-0.25, -0.2) is 14.3 Å². The van der Waals surface area contributed by atoms with Gasteiger partial charge in [-0.2, -0.15) is 5.10 Å². The van der Waals surface area contributed by atoms with Gasteiger partial charge in [-0.3, -0.25) is 4.79 Å². The van der Waals surface area contributed by atoms with E-state index in [-0.39, 0.29) is 11.9 Å². The van der Waals surface area contributed by atoms with Crippen molar-refractivity contribution in [2.75, 3.05) is 6.54 Å². The number of carboxylic acids is 1. The number of fused-ring (bicyclic) bond motifs is 2. The van der Waals surface area contributed by atoms with Gasteiger partial charge in [-0.15, -0.1) is 0 Å². The Bertz CT molecular complexity index is 1050. The zero-order chi connectivity index (χ0) is 18.4. The molecule has 3 aromatic rings. The van der Waals surface area contributed by atoms with Crippen molar-refractivity contribution in [2.24, 2.45) is 0 Å². The predicted octanol–water partition coefficient (Wildman–Crippen LogP) is 2.95. The van der Waals surface area contributed by atoms with Crippen molar-refractivity contribution in [3.63, 3.8) is 0 Å². The molecule has 0 saturated carbocycles. The number of carbonyl (C=O) groups is 2. The molecule has 1 atom stereocenters. The number of carbonyl (C=O) groups excluding carboxylic acids is 1. The number of nitrogens with zero attached hydrogens (tertiary/aromatic N) is 4. The van der Waals surface area contributed by atoms with Crippen LogP contribution in [0.4, 0.5) is 0 Å². The Morgan fingerprint density at radius 3 is 2.92 bits per heavy atom. The van der Waals surface area contributed by atoms with E-state index in [1.807, 2.05) is 13.0 Å². The van der Waals surface area contributed by atoms with E-state index >= 15 is 0 Å². The summed E-state index contributed by atoms with van der Waals surface area (Å²) in [5, 5.41) is 13.7. The summed E-state index contributed by atoms with van der Waals surface area (Å²) < 4.78 is 2.33. The van der Waals surface area contributed by atoms with Crippen molar-refractivity contribution in [2.45, 2.75) is 19.4 Å². The summed E-state index contributed by atoms with van der Waals surface area (Å²) in [5.74, 6) is -1.13. The lowest BCUT2D eigenvalue weighted by Crippen LogP contribution is -2.39. The molecule has 0 fully saturated rings. The summed E-state index contributed by atoms with van der Waals surface area (Å²) in [6.07, 6.45) is 3.90. The Morgan fingerprint density at radius 2 is 2.15 bits per heavy atom. The molecule has 1 aliphatic heterocycles. The second kappa shape index (κ2) is 6.21. The monoisotopic (exact) mass is 414 g/mol. The van der Waals surface area contributed by atoms with Crippen molar-refractivity contribution in [1.82, 2.24) is 19.5 Å². The molecule has 0 bridgehead atoms. The maximum atomic E-state index is 13.0. The van der Waals surface area contributed by atoms with Crippen LogP contribution in [0.25, 0.3) is 5.65 Å². The lowest BCUT2D eigenvalue weighted by atomic mass is 9.89. The molecule has 1 amide bonds. The Labute approximate surface area is 157 Å². The van der Waals surface area contributed by atoms with Gasteiger partial charge in [0, 0.05) is 25.0 Å². The Balaban J connectivity index is 1.69. The van der Waals surface area contributed by atoms with Gasteiger partial charge in [-0.05, 0) is 46.5 Å². The first-order valence-corrected chi connectivity index (χ1v) is 8.92. The van der Waals surface area contributed by atoms with Gasteiger partial charge in [0.05, 0.1) is 16.1 Å². The summed E-state index contributed by atoms with van der Waals surface area (Å²) in [4.78, 5) is 30.4. The average Bonchev–Trinajstić information content (AvgIpc) is 3.04. The van der Waals surface area contributed by atoms with E-state index in [4.69, 9.17) is 0 Å². The fourth-order valence-electron chi connectivity index (χ4n) is 3.45. The summed E-state index contributed by atoms with van der Waals surface area (Å²) in [5.41, 5.74) is 2.89. The van der Waals surface area contributed by atoms with E-state index in [1.165, 1.54) is 0 Å². The molecule has 8 heteroatoms. The molecule has 3 heterocycles. The summed E-state index contributed by atoms with van der Waals surface area (Å²) in [6, 6.07) is 6.64. The lowest BCUT2D eigenvalue weighted by Gasteiger charge is -2.35.